The maximum Gasteiger partial charge on any atom is 0.335 e. The van der Waals surface area contributed by atoms with Crippen molar-refractivity contribution in [3.8, 4) is 17.2 Å². The Morgan fingerprint density at radius 2 is 1.95 bits per heavy atom. The van der Waals surface area contributed by atoms with Gasteiger partial charge in [0.25, 0.3) is 0 Å². The van der Waals surface area contributed by atoms with Crippen LogP contribution in [-0.4, -0.2) is 23.3 Å². The first-order valence-electron chi connectivity index (χ1n) is 5.92. The van der Waals surface area contributed by atoms with E-state index in [0.717, 1.165) is 5.56 Å². The highest BCUT2D eigenvalue weighted by Gasteiger charge is 2.10. The number of rotatable bonds is 5. The molecule has 0 saturated carbocycles. The third kappa shape index (κ3) is 3.20. The van der Waals surface area contributed by atoms with Gasteiger partial charge in [0.2, 0.25) is 0 Å². The van der Waals surface area contributed by atoms with Crippen LogP contribution in [-0.2, 0) is 6.61 Å². The molecule has 104 valence electrons. The normalized spacial score (nSPS) is 10.1. The Bertz CT molecular complexity index is 621. The fourth-order valence-corrected chi connectivity index (χ4v) is 1.73. The van der Waals surface area contributed by atoms with Gasteiger partial charge in [0.05, 0.1) is 12.7 Å². The maximum atomic E-state index is 10.9. The second kappa shape index (κ2) is 5.97. The van der Waals surface area contributed by atoms with E-state index in [1.54, 1.807) is 30.3 Å². The van der Waals surface area contributed by atoms with Crippen LogP contribution < -0.4 is 9.47 Å². The minimum absolute atomic E-state index is 0.122. The molecule has 5 heteroatoms. The van der Waals surface area contributed by atoms with Crippen molar-refractivity contribution in [3.05, 3.63) is 53.6 Å². The number of hydrogen-bond donors (Lipinski definition) is 2. The van der Waals surface area contributed by atoms with Crippen LogP contribution in [0.1, 0.15) is 15.9 Å². The van der Waals surface area contributed by atoms with E-state index in [9.17, 15) is 9.90 Å². The second-order valence-corrected chi connectivity index (χ2v) is 4.13. The van der Waals surface area contributed by atoms with E-state index in [-0.39, 0.29) is 17.9 Å². The van der Waals surface area contributed by atoms with Crippen molar-refractivity contribution in [3.63, 3.8) is 0 Å². The lowest BCUT2D eigenvalue weighted by Gasteiger charge is -2.11. The number of phenolic OH excluding ortho intramolecular Hbond substituents is 1. The number of aromatic carboxylic acids is 1. The highest BCUT2D eigenvalue weighted by atomic mass is 16.5. The van der Waals surface area contributed by atoms with E-state index >= 15 is 0 Å². The summed E-state index contributed by atoms with van der Waals surface area (Å²) in [7, 11) is 1.48. The summed E-state index contributed by atoms with van der Waals surface area (Å²) < 4.78 is 10.7. The fourth-order valence-electron chi connectivity index (χ4n) is 1.73. The number of ether oxygens (including phenoxy) is 2. The van der Waals surface area contributed by atoms with Crippen molar-refractivity contribution < 1.29 is 24.5 Å². The van der Waals surface area contributed by atoms with Crippen LogP contribution in [0.25, 0.3) is 0 Å². The molecule has 2 rings (SSSR count). The molecule has 2 N–H and O–H groups in total. The predicted molar refractivity (Wildman–Crippen MR) is 72.4 cm³/mol. The topological polar surface area (TPSA) is 76.0 Å². The number of hydrogen-bond acceptors (Lipinski definition) is 4. The summed E-state index contributed by atoms with van der Waals surface area (Å²) in [5, 5.41) is 18.3. The number of carbonyl (C=O) groups is 1. The summed E-state index contributed by atoms with van der Waals surface area (Å²) in [4.78, 5) is 10.9. The zero-order chi connectivity index (χ0) is 14.5. The molecule has 0 saturated heterocycles. The largest absolute Gasteiger partial charge is 0.508 e. The van der Waals surface area contributed by atoms with Crippen LogP contribution in [0.2, 0.25) is 0 Å². The first kappa shape index (κ1) is 13.7. The zero-order valence-electron chi connectivity index (χ0n) is 10.9. The molecule has 5 nitrogen and oxygen atoms in total. The van der Waals surface area contributed by atoms with Gasteiger partial charge >= 0.3 is 5.97 Å². The highest BCUT2D eigenvalue weighted by molar-refractivity contribution is 5.88. The van der Waals surface area contributed by atoms with Crippen LogP contribution >= 0.6 is 0 Å². The number of aromatic hydroxyl groups is 1. The molecule has 0 heterocycles. The molecule has 20 heavy (non-hydrogen) atoms. The van der Waals surface area contributed by atoms with Crippen LogP contribution in [0.3, 0.4) is 0 Å². The molecule has 0 aliphatic rings. The summed E-state index contributed by atoms with van der Waals surface area (Å²) in [6.45, 7) is 0.202. The first-order valence-corrected chi connectivity index (χ1v) is 5.92. The van der Waals surface area contributed by atoms with Crippen LogP contribution in [0.5, 0.6) is 17.2 Å². The standard InChI is InChI=1S/C15H14O5/c1-19-13-6-5-11(15(17)18)8-14(13)20-9-10-3-2-4-12(16)7-10/h2-8,16H,9H2,1H3,(H,17,18). The van der Waals surface area contributed by atoms with Crippen molar-refractivity contribution in [2.75, 3.05) is 7.11 Å². The van der Waals surface area contributed by atoms with Crippen molar-refractivity contribution in [2.45, 2.75) is 6.61 Å². The van der Waals surface area contributed by atoms with Gasteiger partial charge in [-0.1, -0.05) is 12.1 Å². The number of carboxylic acid groups (broad SMARTS) is 1. The lowest BCUT2D eigenvalue weighted by Crippen LogP contribution is -2.01. The van der Waals surface area contributed by atoms with E-state index in [1.165, 1.54) is 19.2 Å². The van der Waals surface area contributed by atoms with Gasteiger partial charge in [-0.25, -0.2) is 4.79 Å². The maximum absolute atomic E-state index is 10.9. The van der Waals surface area contributed by atoms with Crippen LogP contribution in [0.4, 0.5) is 0 Å². The molecule has 0 spiro atoms. The van der Waals surface area contributed by atoms with E-state index in [2.05, 4.69) is 0 Å². The van der Waals surface area contributed by atoms with Gasteiger partial charge in [-0.3, -0.25) is 0 Å². The third-order valence-electron chi connectivity index (χ3n) is 2.72. The molecular formula is C15H14O5. The highest BCUT2D eigenvalue weighted by Crippen LogP contribution is 2.29. The second-order valence-electron chi connectivity index (χ2n) is 4.13. The molecule has 0 amide bonds. The lowest BCUT2D eigenvalue weighted by atomic mass is 10.2. The Balaban J connectivity index is 2.19. The lowest BCUT2D eigenvalue weighted by molar-refractivity contribution is 0.0696. The smallest absolute Gasteiger partial charge is 0.335 e. The van der Waals surface area contributed by atoms with Gasteiger partial charge in [0.1, 0.15) is 12.4 Å². The molecule has 0 aliphatic heterocycles. The Morgan fingerprint density at radius 3 is 2.60 bits per heavy atom. The van der Waals surface area contributed by atoms with Gasteiger partial charge < -0.3 is 19.7 Å². The Morgan fingerprint density at radius 1 is 1.15 bits per heavy atom. The Kier molecular flexibility index (Phi) is 4.10. The van der Waals surface area contributed by atoms with Gasteiger partial charge in [-0.2, -0.15) is 0 Å². The first-order chi connectivity index (χ1) is 9.60. The zero-order valence-corrected chi connectivity index (χ0v) is 10.9. The number of phenols is 1. The summed E-state index contributed by atoms with van der Waals surface area (Å²) in [5.41, 5.74) is 0.893. The molecule has 0 aliphatic carbocycles. The van der Waals surface area contributed by atoms with E-state index < -0.39 is 5.97 Å². The number of methoxy groups -OCH3 is 1. The summed E-state index contributed by atoms with van der Waals surface area (Å²) in [5.74, 6) is -0.0851. The molecule has 0 unspecified atom stereocenters. The molecule has 0 atom stereocenters. The molecule has 2 aromatic carbocycles. The SMILES string of the molecule is COc1ccc(C(=O)O)cc1OCc1cccc(O)c1. The van der Waals surface area contributed by atoms with E-state index in [0.29, 0.717) is 11.5 Å². The molecule has 0 aromatic heterocycles. The van der Waals surface area contributed by atoms with Crippen molar-refractivity contribution in [1.29, 1.82) is 0 Å². The van der Waals surface area contributed by atoms with E-state index in [4.69, 9.17) is 14.6 Å². The van der Waals surface area contributed by atoms with E-state index in [1.807, 2.05) is 0 Å². The Labute approximate surface area is 116 Å². The van der Waals surface area contributed by atoms with Gasteiger partial charge in [-0.05, 0) is 35.9 Å². The monoisotopic (exact) mass is 274 g/mol. The predicted octanol–water partition coefficient (Wildman–Crippen LogP) is 2.68. The number of carboxylic acids is 1. The Hall–Kier alpha value is -2.69. The molecule has 0 radical (unpaired) electrons. The summed E-state index contributed by atoms with van der Waals surface area (Å²) >= 11 is 0. The van der Waals surface area contributed by atoms with Crippen molar-refractivity contribution in [1.82, 2.24) is 0 Å². The van der Waals surface area contributed by atoms with Gasteiger partial charge in [0.15, 0.2) is 11.5 Å². The minimum Gasteiger partial charge on any atom is -0.508 e. The van der Waals surface area contributed by atoms with Crippen molar-refractivity contribution in [2.24, 2.45) is 0 Å². The molecule has 0 fully saturated rings. The molecule has 0 bridgehead atoms. The van der Waals surface area contributed by atoms with Gasteiger partial charge in [0, 0.05) is 0 Å². The van der Waals surface area contributed by atoms with Crippen LogP contribution in [0, 0.1) is 0 Å². The summed E-state index contributed by atoms with van der Waals surface area (Å²) in [6, 6.07) is 11.0. The number of benzene rings is 2. The molecular weight excluding hydrogens is 260 g/mol. The minimum atomic E-state index is -1.03. The fraction of sp³-hybridized carbons (Fsp3) is 0.133. The summed E-state index contributed by atoms with van der Waals surface area (Å²) in [6.07, 6.45) is 0. The third-order valence-corrected chi connectivity index (χ3v) is 2.72. The van der Waals surface area contributed by atoms with Crippen LogP contribution in [0.15, 0.2) is 42.5 Å². The van der Waals surface area contributed by atoms with Gasteiger partial charge in [-0.15, -0.1) is 0 Å². The average Bonchev–Trinajstić information content (AvgIpc) is 2.44. The quantitative estimate of drug-likeness (QED) is 0.876. The molecule has 2 aromatic rings. The van der Waals surface area contributed by atoms with Crippen molar-refractivity contribution >= 4 is 5.97 Å². The average molecular weight is 274 g/mol.